The number of aryl methyl sites for hydroxylation is 2. The molecule has 1 N–H and O–H groups in total. The molecule has 18 heavy (non-hydrogen) atoms. The fraction of sp³-hybridized carbons (Fsp3) is 0.692. The molecule has 0 atom stereocenters. The minimum atomic E-state index is 0.132. The minimum absolute atomic E-state index is 0.132. The van der Waals surface area contributed by atoms with Crippen molar-refractivity contribution in [1.29, 1.82) is 0 Å². The maximum absolute atomic E-state index is 11.5. The molecule has 1 rings (SSSR count). The zero-order chi connectivity index (χ0) is 13.5. The fourth-order valence-corrected chi connectivity index (χ4v) is 2.59. The first-order chi connectivity index (χ1) is 8.56. The first-order valence-corrected chi connectivity index (χ1v) is 7.55. The van der Waals surface area contributed by atoms with E-state index in [4.69, 9.17) is 0 Å². The molecule has 0 saturated carbocycles. The molecule has 0 aliphatic rings. The SMILES string of the molecule is CCCSCC(=O)NCCc1c(C)nn(C)c1C. The Hall–Kier alpha value is -0.970. The van der Waals surface area contributed by atoms with E-state index in [9.17, 15) is 4.79 Å². The Balaban J connectivity index is 2.31. The van der Waals surface area contributed by atoms with Crippen LogP contribution in [0, 0.1) is 13.8 Å². The Morgan fingerprint density at radius 2 is 2.17 bits per heavy atom. The number of amides is 1. The van der Waals surface area contributed by atoms with Gasteiger partial charge in [0.2, 0.25) is 5.91 Å². The van der Waals surface area contributed by atoms with Crippen LogP contribution in [-0.2, 0) is 18.3 Å². The van der Waals surface area contributed by atoms with Crippen molar-refractivity contribution in [3.63, 3.8) is 0 Å². The third kappa shape index (κ3) is 4.37. The summed E-state index contributed by atoms with van der Waals surface area (Å²) in [6.45, 7) is 6.90. The molecular weight excluding hydrogens is 246 g/mol. The van der Waals surface area contributed by atoms with Crippen molar-refractivity contribution >= 4 is 17.7 Å². The molecule has 0 unspecified atom stereocenters. The topological polar surface area (TPSA) is 46.9 Å². The molecule has 102 valence electrons. The van der Waals surface area contributed by atoms with Gasteiger partial charge in [-0.25, -0.2) is 0 Å². The molecule has 4 nitrogen and oxygen atoms in total. The average molecular weight is 269 g/mol. The van der Waals surface area contributed by atoms with Crippen LogP contribution in [0.3, 0.4) is 0 Å². The summed E-state index contributed by atoms with van der Waals surface area (Å²) >= 11 is 1.69. The number of thioether (sulfide) groups is 1. The van der Waals surface area contributed by atoms with Gasteiger partial charge in [-0.15, -0.1) is 0 Å². The van der Waals surface area contributed by atoms with Crippen LogP contribution in [0.4, 0.5) is 0 Å². The van der Waals surface area contributed by atoms with Crippen LogP contribution in [0.2, 0.25) is 0 Å². The van der Waals surface area contributed by atoms with E-state index in [1.54, 1.807) is 11.8 Å². The van der Waals surface area contributed by atoms with Crippen LogP contribution in [0.25, 0.3) is 0 Å². The predicted molar refractivity (Wildman–Crippen MR) is 77.0 cm³/mol. The highest BCUT2D eigenvalue weighted by atomic mass is 32.2. The summed E-state index contributed by atoms with van der Waals surface area (Å²) in [4.78, 5) is 11.5. The molecule has 0 saturated heterocycles. The van der Waals surface area contributed by atoms with E-state index in [1.807, 2.05) is 18.7 Å². The number of carbonyl (C=O) groups excluding carboxylic acids is 1. The Kier molecular flexibility index (Phi) is 6.25. The van der Waals surface area contributed by atoms with E-state index in [-0.39, 0.29) is 5.91 Å². The Labute approximate surface area is 114 Å². The van der Waals surface area contributed by atoms with Crippen molar-refractivity contribution in [3.05, 3.63) is 17.0 Å². The van der Waals surface area contributed by atoms with Gasteiger partial charge in [-0.2, -0.15) is 16.9 Å². The van der Waals surface area contributed by atoms with Gasteiger partial charge in [0.15, 0.2) is 0 Å². The molecule has 0 radical (unpaired) electrons. The van der Waals surface area contributed by atoms with Crippen molar-refractivity contribution in [1.82, 2.24) is 15.1 Å². The van der Waals surface area contributed by atoms with E-state index >= 15 is 0 Å². The summed E-state index contributed by atoms with van der Waals surface area (Å²) < 4.78 is 1.89. The molecule has 1 aromatic rings. The second-order valence-corrected chi connectivity index (χ2v) is 5.53. The Bertz CT molecular complexity index is 401. The van der Waals surface area contributed by atoms with Crippen LogP contribution in [0.15, 0.2) is 0 Å². The first-order valence-electron chi connectivity index (χ1n) is 6.39. The van der Waals surface area contributed by atoms with Gasteiger partial charge in [0.05, 0.1) is 11.4 Å². The number of rotatable bonds is 7. The van der Waals surface area contributed by atoms with Gasteiger partial charge in [0, 0.05) is 19.3 Å². The highest BCUT2D eigenvalue weighted by molar-refractivity contribution is 7.99. The largest absolute Gasteiger partial charge is 0.355 e. The van der Waals surface area contributed by atoms with Crippen LogP contribution >= 0.6 is 11.8 Å². The third-order valence-electron chi connectivity index (χ3n) is 2.94. The molecule has 0 aliphatic heterocycles. The smallest absolute Gasteiger partial charge is 0.230 e. The number of nitrogens with zero attached hydrogens (tertiary/aromatic N) is 2. The number of nitrogens with one attached hydrogen (secondary N) is 1. The number of carbonyl (C=O) groups is 1. The van der Waals surface area contributed by atoms with Gasteiger partial charge in [0.1, 0.15) is 0 Å². The molecule has 5 heteroatoms. The average Bonchev–Trinajstić information content (AvgIpc) is 2.56. The molecule has 0 bridgehead atoms. The van der Waals surface area contributed by atoms with Crippen LogP contribution in [-0.4, -0.2) is 33.7 Å². The minimum Gasteiger partial charge on any atom is -0.355 e. The van der Waals surface area contributed by atoms with E-state index in [0.29, 0.717) is 12.3 Å². The quantitative estimate of drug-likeness (QED) is 0.768. The fourth-order valence-electron chi connectivity index (χ4n) is 1.87. The first kappa shape index (κ1) is 15.1. The van der Waals surface area contributed by atoms with E-state index in [1.165, 1.54) is 11.3 Å². The van der Waals surface area contributed by atoms with Crippen molar-refractivity contribution in [2.45, 2.75) is 33.6 Å². The Morgan fingerprint density at radius 1 is 1.44 bits per heavy atom. The molecule has 0 aliphatic carbocycles. The van der Waals surface area contributed by atoms with Gasteiger partial charge in [-0.1, -0.05) is 6.92 Å². The molecule has 0 fully saturated rings. The summed E-state index contributed by atoms with van der Waals surface area (Å²) in [7, 11) is 1.95. The molecule has 1 heterocycles. The standard InChI is InChI=1S/C13H23N3OS/c1-5-8-18-9-13(17)14-7-6-12-10(2)15-16(4)11(12)3/h5-9H2,1-4H3,(H,14,17). The lowest BCUT2D eigenvalue weighted by Gasteiger charge is -2.05. The van der Waals surface area contributed by atoms with Crippen LogP contribution < -0.4 is 5.32 Å². The highest BCUT2D eigenvalue weighted by Crippen LogP contribution is 2.11. The van der Waals surface area contributed by atoms with Crippen LogP contribution in [0.5, 0.6) is 0 Å². The molecular formula is C13H23N3OS. The van der Waals surface area contributed by atoms with Gasteiger partial charge in [-0.3, -0.25) is 9.48 Å². The third-order valence-corrected chi connectivity index (χ3v) is 4.10. The van der Waals surface area contributed by atoms with Crippen LogP contribution in [0.1, 0.15) is 30.3 Å². The van der Waals surface area contributed by atoms with E-state index < -0.39 is 0 Å². The monoisotopic (exact) mass is 269 g/mol. The molecule has 1 aromatic heterocycles. The second-order valence-electron chi connectivity index (χ2n) is 4.43. The lowest BCUT2D eigenvalue weighted by molar-refractivity contribution is -0.118. The molecule has 0 aromatic carbocycles. The van der Waals surface area contributed by atoms with Gasteiger partial charge in [-0.05, 0) is 38.0 Å². The zero-order valence-electron chi connectivity index (χ0n) is 11.7. The summed E-state index contributed by atoms with van der Waals surface area (Å²) in [5.41, 5.74) is 3.49. The van der Waals surface area contributed by atoms with E-state index in [0.717, 1.165) is 24.3 Å². The maximum atomic E-state index is 11.5. The summed E-state index contributed by atoms with van der Waals surface area (Å²) in [6.07, 6.45) is 1.97. The lowest BCUT2D eigenvalue weighted by Crippen LogP contribution is -2.27. The zero-order valence-corrected chi connectivity index (χ0v) is 12.6. The van der Waals surface area contributed by atoms with Gasteiger partial charge < -0.3 is 5.32 Å². The van der Waals surface area contributed by atoms with E-state index in [2.05, 4.69) is 24.3 Å². The summed E-state index contributed by atoms with van der Waals surface area (Å²) in [5, 5.41) is 7.33. The van der Waals surface area contributed by atoms with Crippen molar-refractivity contribution < 1.29 is 4.79 Å². The number of hydrogen-bond acceptors (Lipinski definition) is 3. The summed E-state index contributed by atoms with van der Waals surface area (Å²) in [5.74, 6) is 1.75. The molecule has 0 spiro atoms. The maximum Gasteiger partial charge on any atom is 0.230 e. The van der Waals surface area contributed by atoms with Crippen molar-refractivity contribution in [2.24, 2.45) is 7.05 Å². The normalized spacial score (nSPS) is 10.7. The summed E-state index contributed by atoms with van der Waals surface area (Å²) in [6, 6.07) is 0. The predicted octanol–water partition coefficient (Wildman–Crippen LogP) is 1.84. The van der Waals surface area contributed by atoms with Crippen molar-refractivity contribution in [2.75, 3.05) is 18.1 Å². The van der Waals surface area contributed by atoms with Gasteiger partial charge >= 0.3 is 0 Å². The highest BCUT2D eigenvalue weighted by Gasteiger charge is 2.09. The number of hydrogen-bond donors (Lipinski definition) is 1. The van der Waals surface area contributed by atoms with Crippen molar-refractivity contribution in [3.8, 4) is 0 Å². The van der Waals surface area contributed by atoms with Gasteiger partial charge in [0.25, 0.3) is 0 Å². The lowest BCUT2D eigenvalue weighted by atomic mass is 10.1. The second kappa shape index (κ2) is 7.46. The number of aromatic nitrogens is 2. The molecule has 1 amide bonds. The Morgan fingerprint density at radius 3 is 2.72 bits per heavy atom.